The zero-order valence-corrected chi connectivity index (χ0v) is 20.6. The summed E-state index contributed by atoms with van der Waals surface area (Å²) >= 11 is 0. The molecule has 6 aromatic rings. The monoisotopic (exact) mass is 488 g/mol. The summed E-state index contributed by atoms with van der Waals surface area (Å²) in [6, 6.07) is 13.6. The van der Waals surface area contributed by atoms with Gasteiger partial charge in [-0.1, -0.05) is 20.8 Å². The first-order valence-electron chi connectivity index (χ1n) is 11.9. The molecule has 0 aliphatic rings. The van der Waals surface area contributed by atoms with Crippen LogP contribution in [0.4, 0.5) is 5.69 Å². The molecule has 182 valence electrons. The lowest BCUT2D eigenvalue weighted by Crippen LogP contribution is -2.27. The van der Waals surface area contributed by atoms with Crippen LogP contribution in [0, 0.1) is 5.41 Å². The largest absolute Gasteiger partial charge is 0.353 e. The van der Waals surface area contributed by atoms with Crippen molar-refractivity contribution in [1.82, 2.24) is 35.1 Å². The van der Waals surface area contributed by atoms with E-state index >= 15 is 0 Å². The lowest BCUT2D eigenvalue weighted by molar-refractivity contribution is -0.123. The SMILES string of the molecule is CC(C)(C)C(=O)Nc1cncc(-c2ccc3[nH]nc(-c4cc5c(-c6ccncc6)nccc5[nH]4)c3n2)c1. The van der Waals surface area contributed by atoms with Crippen LogP contribution in [0.15, 0.2) is 73.4 Å². The molecule has 6 aromatic heterocycles. The summed E-state index contributed by atoms with van der Waals surface area (Å²) in [4.78, 5) is 33.8. The molecule has 0 aliphatic heterocycles. The van der Waals surface area contributed by atoms with E-state index in [1.54, 1.807) is 31.0 Å². The number of anilines is 1. The summed E-state index contributed by atoms with van der Waals surface area (Å²) in [5, 5.41) is 11.6. The number of aromatic amines is 2. The number of H-pyrrole nitrogens is 2. The Labute approximate surface area is 212 Å². The number of hydrogen-bond donors (Lipinski definition) is 3. The van der Waals surface area contributed by atoms with Gasteiger partial charge in [0.1, 0.15) is 11.2 Å². The van der Waals surface area contributed by atoms with Crippen molar-refractivity contribution in [3.05, 3.63) is 73.4 Å². The summed E-state index contributed by atoms with van der Waals surface area (Å²) in [5.74, 6) is -0.0774. The Kier molecular flexibility index (Phi) is 5.26. The van der Waals surface area contributed by atoms with Crippen molar-refractivity contribution in [2.45, 2.75) is 20.8 Å². The lowest BCUT2D eigenvalue weighted by Gasteiger charge is -2.17. The smallest absolute Gasteiger partial charge is 0.229 e. The average Bonchev–Trinajstić information content (AvgIpc) is 3.52. The van der Waals surface area contributed by atoms with Crippen LogP contribution in [0.3, 0.4) is 0 Å². The average molecular weight is 489 g/mol. The molecule has 0 radical (unpaired) electrons. The maximum absolute atomic E-state index is 12.4. The van der Waals surface area contributed by atoms with Crippen LogP contribution in [0.2, 0.25) is 0 Å². The number of pyridine rings is 4. The Morgan fingerprint density at radius 2 is 1.70 bits per heavy atom. The third-order valence-electron chi connectivity index (χ3n) is 6.14. The molecule has 1 amide bonds. The minimum atomic E-state index is -0.509. The van der Waals surface area contributed by atoms with E-state index in [9.17, 15) is 4.79 Å². The standard InChI is InChI=1S/C28H24N8O/c1-28(2,3)27(37)32-18-12-17(14-30-15-18)20-4-5-22-25(34-20)26(36-35-22)23-13-19-21(33-23)8-11-31-24(19)16-6-9-29-10-7-16/h4-15,33H,1-3H3,(H,32,37)(H,35,36). The van der Waals surface area contributed by atoms with Crippen molar-refractivity contribution < 1.29 is 4.79 Å². The molecule has 0 unspecified atom stereocenters. The van der Waals surface area contributed by atoms with Gasteiger partial charge >= 0.3 is 0 Å². The Bertz CT molecular complexity index is 1760. The van der Waals surface area contributed by atoms with Gasteiger partial charge in [0.2, 0.25) is 5.91 Å². The first-order valence-corrected chi connectivity index (χ1v) is 11.9. The summed E-state index contributed by atoms with van der Waals surface area (Å²) in [7, 11) is 0. The van der Waals surface area contributed by atoms with Gasteiger partial charge in [-0.3, -0.25) is 24.8 Å². The van der Waals surface area contributed by atoms with Gasteiger partial charge in [-0.15, -0.1) is 0 Å². The van der Waals surface area contributed by atoms with Crippen molar-refractivity contribution in [3.63, 3.8) is 0 Å². The minimum absolute atomic E-state index is 0.0774. The van der Waals surface area contributed by atoms with Crippen LogP contribution in [0.1, 0.15) is 20.8 Å². The number of rotatable bonds is 4. The van der Waals surface area contributed by atoms with E-state index in [1.807, 2.05) is 63.2 Å². The number of nitrogens with zero attached hydrogens (tertiary/aromatic N) is 5. The van der Waals surface area contributed by atoms with Crippen molar-refractivity contribution in [2.24, 2.45) is 5.41 Å². The van der Waals surface area contributed by atoms with Crippen LogP contribution in [0.25, 0.3) is 55.8 Å². The van der Waals surface area contributed by atoms with E-state index < -0.39 is 5.41 Å². The second-order valence-corrected chi connectivity index (χ2v) is 9.87. The molecule has 0 atom stereocenters. The molecule has 0 spiro atoms. The molecule has 0 aromatic carbocycles. The summed E-state index contributed by atoms with van der Waals surface area (Å²) < 4.78 is 0. The van der Waals surface area contributed by atoms with Gasteiger partial charge in [-0.25, -0.2) is 4.98 Å². The number of nitrogens with one attached hydrogen (secondary N) is 3. The van der Waals surface area contributed by atoms with Crippen LogP contribution in [-0.2, 0) is 4.79 Å². The molecule has 3 N–H and O–H groups in total. The highest BCUT2D eigenvalue weighted by molar-refractivity contribution is 5.99. The zero-order chi connectivity index (χ0) is 25.6. The van der Waals surface area contributed by atoms with Gasteiger partial charge in [0.05, 0.1) is 34.5 Å². The van der Waals surface area contributed by atoms with E-state index in [4.69, 9.17) is 4.98 Å². The van der Waals surface area contributed by atoms with E-state index in [-0.39, 0.29) is 5.91 Å². The lowest BCUT2D eigenvalue weighted by atomic mass is 9.95. The summed E-state index contributed by atoms with van der Waals surface area (Å²) in [6.07, 6.45) is 8.67. The molecule has 0 aliphatic carbocycles. The minimum Gasteiger partial charge on any atom is -0.353 e. The molecule has 0 fully saturated rings. The number of amides is 1. The van der Waals surface area contributed by atoms with Crippen LogP contribution in [-0.4, -0.2) is 41.0 Å². The van der Waals surface area contributed by atoms with Gasteiger partial charge in [-0.2, -0.15) is 5.10 Å². The molecule has 9 heteroatoms. The molecule has 0 bridgehead atoms. The number of hydrogen-bond acceptors (Lipinski definition) is 6. The van der Waals surface area contributed by atoms with E-state index in [2.05, 4.69) is 35.5 Å². The third kappa shape index (κ3) is 4.20. The van der Waals surface area contributed by atoms with Crippen molar-refractivity contribution in [3.8, 4) is 33.9 Å². The second kappa shape index (κ2) is 8.63. The fourth-order valence-electron chi connectivity index (χ4n) is 4.14. The highest BCUT2D eigenvalue weighted by Crippen LogP contribution is 2.33. The Morgan fingerprint density at radius 3 is 2.51 bits per heavy atom. The fraction of sp³-hybridized carbons (Fsp3) is 0.143. The Balaban J connectivity index is 1.40. The zero-order valence-electron chi connectivity index (χ0n) is 20.6. The van der Waals surface area contributed by atoms with Crippen molar-refractivity contribution in [2.75, 3.05) is 5.32 Å². The highest BCUT2D eigenvalue weighted by Gasteiger charge is 2.21. The van der Waals surface area contributed by atoms with Crippen LogP contribution in [0.5, 0.6) is 0 Å². The molecular weight excluding hydrogens is 464 g/mol. The van der Waals surface area contributed by atoms with Crippen molar-refractivity contribution in [1.29, 1.82) is 0 Å². The van der Waals surface area contributed by atoms with Gasteiger partial charge in [0, 0.05) is 52.2 Å². The normalized spacial score (nSPS) is 11.8. The van der Waals surface area contributed by atoms with Gasteiger partial charge in [0.25, 0.3) is 0 Å². The third-order valence-corrected chi connectivity index (χ3v) is 6.14. The molecule has 6 rings (SSSR count). The van der Waals surface area contributed by atoms with Crippen LogP contribution < -0.4 is 5.32 Å². The first kappa shape index (κ1) is 22.5. The maximum atomic E-state index is 12.4. The molecule has 6 heterocycles. The molecule has 0 saturated heterocycles. The number of carbonyl (C=O) groups is 1. The number of carbonyl (C=O) groups excluding carboxylic acids is 1. The Hall–Kier alpha value is -4.92. The van der Waals surface area contributed by atoms with Gasteiger partial charge in [0.15, 0.2) is 0 Å². The topological polar surface area (TPSA) is 125 Å². The van der Waals surface area contributed by atoms with E-state index in [1.165, 1.54) is 0 Å². The van der Waals surface area contributed by atoms with Crippen molar-refractivity contribution >= 4 is 33.5 Å². The molecular formula is C28H24N8O. The highest BCUT2D eigenvalue weighted by atomic mass is 16.2. The van der Waals surface area contributed by atoms with E-state index in [0.29, 0.717) is 11.4 Å². The quantitative estimate of drug-likeness (QED) is 0.296. The molecule has 0 saturated carbocycles. The molecule has 37 heavy (non-hydrogen) atoms. The second-order valence-electron chi connectivity index (χ2n) is 9.87. The Morgan fingerprint density at radius 1 is 0.865 bits per heavy atom. The van der Waals surface area contributed by atoms with Crippen LogP contribution >= 0.6 is 0 Å². The number of fused-ring (bicyclic) bond motifs is 2. The van der Waals surface area contributed by atoms with Gasteiger partial charge in [-0.05, 0) is 42.5 Å². The summed E-state index contributed by atoms with van der Waals surface area (Å²) in [6.45, 7) is 5.61. The maximum Gasteiger partial charge on any atom is 0.229 e. The van der Waals surface area contributed by atoms with E-state index in [0.717, 1.165) is 50.1 Å². The fourth-order valence-corrected chi connectivity index (χ4v) is 4.14. The summed E-state index contributed by atoms with van der Waals surface area (Å²) in [5.41, 5.74) is 7.53. The predicted octanol–water partition coefficient (Wildman–Crippen LogP) is 5.61. The first-order chi connectivity index (χ1) is 17.9. The van der Waals surface area contributed by atoms with Gasteiger partial charge < -0.3 is 10.3 Å². The predicted molar refractivity (Wildman–Crippen MR) is 144 cm³/mol. The number of aromatic nitrogens is 7. The molecule has 9 nitrogen and oxygen atoms in total.